The fourth-order valence-corrected chi connectivity index (χ4v) is 1.34. The molecule has 0 radical (unpaired) electrons. The van der Waals surface area contributed by atoms with Crippen molar-refractivity contribution in [1.82, 2.24) is 0 Å². The highest BCUT2D eigenvalue weighted by Crippen LogP contribution is 2.11. The molecule has 0 fully saturated rings. The molecule has 0 aliphatic rings. The predicted octanol–water partition coefficient (Wildman–Crippen LogP) is 2.38. The van der Waals surface area contributed by atoms with E-state index in [4.69, 9.17) is 19.5 Å². The van der Waals surface area contributed by atoms with Crippen molar-refractivity contribution in [1.29, 1.82) is 5.26 Å². The van der Waals surface area contributed by atoms with E-state index in [0.717, 1.165) is 18.8 Å². The number of hydrogen-bond donors (Lipinski definition) is 0. The number of benzene rings is 1. The van der Waals surface area contributed by atoms with Crippen LogP contribution in [0.2, 0.25) is 0 Å². The molecule has 0 aliphatic heterocycles. The fraction of sp³-hybridized carbons (Fsp3) is 0.500. The van der Waals surface area contributed by atoms with Gasteiger partial charge in [-0.25, -0.2) is 0 Å². The standard InChI is InChI=1S/C14H19NO3/c1-2-16-10-11-17-8-3-9-18-14-6-4-13(12-15)5-7-14/h4-7H,2-3,8-11H2,1H3. The Morgan fingerprint density at radius 2 is 1.72 bits per heavy atom. The van der Waals surface area contributed by atoms with Gasteiger partial charge in [-0.2, -0.15) is 5.26 Å². The third-order valence-corrected chi connectivity index (χ3v) is 2.26. The molecular formula is C14H19NO3. The third-order valence-electron chi connectivity index (χ3n) is 2.26. The highest BCUT2D eigenvalue weighted by Gasteiger charge is 1.95. The Kier molecular flexibility index (Phi) is 7.61. The van der Waals surface area contributed by atoms with Gasteiger partial charge >= 0.3 is 0 Å². The van der Waals surface area contributed by atoms with Crippen molar-refractivity contribution in [2.24, 2.45) is 0 Å². The van der Waals surface area contributed by atoms with Crippen LogP contribution < -0.4 is 4.74 Å². The Morgan fingerprint density at radius 3 is 2.39 bits per heavy atom. The number of ether oxygens (including phenoxy) is 3. The number of nitriles is 1. The molecule has 0 saturated heterocycles. The summed E-state index contributed by atoms with van der Waals surface area (Å²) in [5.41, 5.74) is 0.640. The minimum Gasteiger partial charge on any atom is -0.494 e. The summed E-state index contributed by atoms with van der Waals surface area (Å²) in [5.74, 6) is 0.781. The molecule has 0 aromatic heterocycles. The summed E-state index contributed by atoms with van der Waals surface area (Å²) < 4.78 is 16.0. The van der Waals surface area contributed by atoms with Gasteiger partial charge in [0.1, 0.15) is 5.75 Å². The summed E-state index contributed by atoms with van der Waals surface area (Å²) >= 11 is 0. The van der Waals surface area contributed by atoms with Crippen molar-refractivity contribution in [3.05, 3.63) is 29.8 Å². The zero-order valence-electron chi connectivity index (χ0n) is 10.7. The summed E-state index contributed by atoms with van der Waals surface area (Å²) in [6.07, 6.45) is 0.839. The maximum atomic E-state index is 8.65. The number of nitrogens with zero attached hydrogens (tertiary/aromatic N) is 1. The number of rotatable bonds is 9. The Bertz CT molecular complexity index is 356. The zero-order valence-corrected chi connectivity index (χ0v) is 10.7. The lowest BCUT2D eigenvalue weighted by Crippen LogP contribution is -2.07. The minimum absolute atomic E-state index is 0.612. The Hall–Kier alpha value is -1.57. The van der Waals surface area contributed by atoms with Crippen LogP contribution in [0.5, 0.6) is 5.75 Å². The molecule has 98 valence electrons. The molecule has 0 atom stereocenters. The molecule has 4 nitrogen and oxygen atoms in total. The van der Waals surface area contributed by atoms with Crippen LogP contribution in [-0.2, 0) is 9.47 Å². The van der Waals surface area contributed by atoms with Gasteiger partial charge in [-0.05, 0) is 31.2 Å². The molecule has 0 heterocycles. The van der Waals surface area contributed by atoms with Gasteiger partial charge in [0.2, 0.25) is 0 Å². The molecule has 0 N–H and O–H groups in total. The van der Waals surface area contributed by atoms with Crippen molar-refractivity contribution in [3.63, 3.8) is 0 Å². The summed E-state index contributed by atoms with van der Waals surface area (Å²) in [6, 6.07) is 9.16. The average Bonchev–Trinajstić information content (AvgIpc) is 2.42. The lowest BCUT2D eigenvalue weighted by atomic mass is 10.2. The van der Waals surface area contributed by atoms with Gasteiger partial charge in [-0.15, -0.1) is 0 Å². The van der Waals surface area contributed by atoms with Crippen LogP contribution in [0.4, 0.5) is 0 Å². The van der Waals surface area contributed by atoms with E-state index in [1.165, 1.54) is 0 Å². The highest BCUT2D eigenvalue weighted by molar-refractivity contribution is 5.34. The van der Waals surface area contributed by atoms with Gasteiger partial charge in [-0.1, -0.05) is 0 Å². The fourth-order valence-electron chi connectivity index (χ4n) is 1.34. The smallest absolute Gasteiger partial charge is 0.119 e. The molecule has 4 heteroatoms. The summed E-state index contributed by atoms with van der Waals surface area (Å²) in [4.78, 5) is 0. The lowest BCUT2D eigenvalue weighted by molar-refractivity contribution is 0.0482. The van der Waals surface area contributed by atoms with Gasteiger partial charge in [0, 0.05) is 19.6 Å². The molecule has 1 aromatic carbocycles. The van der Waals surface area contributed by atoms with Gasteiger partial charge in [-0.3, -0.25) is 0 Å². The number of hydrogen-bond acceptors (Lipinski definition) is 4. The molecule has 1 rings (SSSR count). The largest absolute Gasteiger partial charge is 0.494 e. The van der Waals surface area contributed by atoms with Crippen LogP contribution in [0, 0.1) is 11.3 Å². The van der Waals surface area contributed by atoms with E-state index in [1.807, 2.05) is 6.92 Å². The quantitative estimate of drug-likeness (QED) is 0.630. The summed E-state index contributed by atoms with van der Waals surface area (Å²) in [7, 11) is 0. The first-order valence-corrected chi connectivity index (χ1v) is 6.15. The van der Waals surface area contributed by atoms with Gasteiger partial charge in [0.05, 0.1) is 31.5 Å². The van der Waals surface area contributed by atoms with Crippen LogP contribution in [0.15, 0.2) is 24.3 Å². The minimum atomic E-state index is 0.612. The van der Waals surface area contributed by atoms with Crippen molar-refractivity contribution in [2.45, 2.75) is 13.3 Å². The molecule has 0 bridgehead atoms. The molecule has 0 unspecified atom stereocenters. The second-order valence-electron chi connectivity index (χ2n) is 3.65. The van der Waals surface area contributed by atoms with E-state index in [2.05, 4.69) is 6.07 Å². The molecule has 18 heavy (non-hydrogen) atoms. The van der Waals surface area contributed by atoms with Crippen LogP contribution in [-0.4, -0.2) is 33.0 Å². The van der Waals surface area contributed by atoms with Crippen molar-refractivity contribution in [3.8, 4) is 11.8 Å². The summed E-state index contributed by atoms with van der Waals surface area (Å²) in [6.45, 7) is 5.25. The Morgan fingerprint density at radius 1 is 1.00 bits per heavy atom. The molecule has 0 amide bonds. The van der Waals surface area contributed by atoms with Gasteiger partial charge in [0.15, 0.2) is 0 Å². The highest BCUT2D eigenvalue weighted by atomic mass is 16.5. The molecule has 1 aromatic rings. The third kappa shape index (κ3) is 6.24. The lowest BCUT2D eigenvalue weighted by Gasteiger charge is -2.07. The second kappa shape index (κ2) is 9.46. The maximum Gasteiger partial charge on any atom is 0.119 e. The van der Waals surface area contributed by atoms with Crippen LogP contribution in [0.25, 0.3) is 0 Å². The first-order valence-electron chi connectivity index (χ1n) is 6.15. The van der Waals surface area contributed by atoms with Crippen molar-refractivity contribution in [2.75, 3.05) is 33.0 Å². The van der Waals surface area contributed by atoms with Crippen molar-refractivity contribution < 1.29 is 14.2 Å². The molecular weight excluding hydrogens is 230 g/mol. The first kappa shape index (κ1) is 14.5. The Balaban J connectivity index is 2.02. The predicted molar refractivity (Wildman–Crippen MR) is 68.6 cm³/mol. The van der Waals surface area contributed by atoms with E-state index in [1.54, 1.807) is 24.3 Å². The maximum absolute atomic E-state index is 8.65. The monoisotopic (exact) mass is 249 g/mol. The van der Waals surface area contributed by atoms with E-state index in [9.17, 15) is 0 Å². The average molecular weight is 249 g/mol. The normalized spacial score (nSPS) is 10.0. The first-order chi connectivity index (χ1) is 8.86. The Labute approximate surface area is 108 Å². The van der Waals surface area contributed by atoms with Crippen LogP contribution in [0.1, 0.15) is 18.9 Å². The van der Waals surface area contributed by atoms with Gasteiger partial charge < -0.3 is 14.2 Å². The van der Waals surface area contributed by atoms with E-state index in [-0.39, 0.29) is 0 Å². The molecule has 0 saturated carbocycles. The van der Waals surface area contributed by atoms with E-state index < -0.39 is 0 Å². The summed E-state index contributed by atoms with van der Waals surface area (Å²) in [5, 5.41) is 8.65. The van der Waals surface area contributed by atoms with Gasteiger partial charge in [0.25, 0.3) is 0 Å². The van der Waals surface area contributed by atoms with Crippen LogP contribution >= 0.6 is 0 Å². The zero-order chi connectivity index (χ0) is 13.1. The van der Waals surface area contributed by atoms with E-state index in [0.29, 0.717) is 32.0 Å². The molecule has 0 spiro atoms. The SMILES string of the molecule is CCOCCOCCCOc1ccc(C#N)cc1. The topological polar surface area (TPSA) is 51.5 Å². The van der Waals surface area contributed by atoms with E-state index >= 15 is 0 Å². The van der Waals surface area contributed by atoms with Crippen LogP contribution in [0.3, 0.4) is 0 Å². The molecule has 0 aliphatic carbocycles. The van der Waals surface area contributed by atoms with Crippen molar-refractivity contribution >= 4 is 0 Å². The second-order valence-corrected chi connectivity index (χ2v) is 3.65.